The van der Waals surface area contributed by atoms with Crippen LogP contribution < -0.4 is 5.32 Å². The number of likely N-dealkylation sites (tertiary alicyclic amines) is 1. The maximum atomic E-state index is 12.5. The highest BCUT2D eigenvalue weighted by atomic mass is 19.4. The van der Waals surface area contributed by atoms with Crippen molar-refractivity contribution in [2.75, 3.05) is 52.9 Å². The van der Waals surface area contributed by atoms with E-state index in [1.165, 1.54) is 5.56 Å². The summed E-state index contributed by atoms with van der Waals surface area (Å²) in [5.41, 5.74) is 1.27. The fourth-order valence-corrected chi connectivity index (χ4v) is 4.17. The summed E-state index contributed by atoms with van der Waals surface area (Å²) in [5, 5.41) is 2.80. The van der Waals surface area contributed by atoms with E-state index in [-0.39, 0.29) is 18.9 Å². The van der Waals surface area contributed by atoms with Crippen LogP contribution in [0.2, 0.25) is 0 Å². The zero-order valence-corrected chi connectivity index (χ0v) is 17.2. The fourth-order valence-electron chi connectivity index (χ4n) is 4.17. The second-order valence-electron chi connectivity index (χ2n) is 8.16. The second-order valence-corrected chi connectivity index (χ2v) is 8.16. The van der Waals surface area contributed by atoms with Crippen molar-refractivity contribution in [2.45, 2.75) is 25.1 Å². The predicted octanol–water partition coefficient (Wildman–Crippen LogP) is 1.89. The molecule has 30 heavy (non-hydrogen) atoms. The highest BCUT2D eigenvalue weighted by Crippen LogP contribution is 2.25. The summed E-state index contributed by atoms with van der Waals surface area (Å²) in [5.74, 6) is -1.66. The Kier molecular flexibility index (Phi) is 7.36. The van der Waals surface area contributed by atoms with E-state index in [0.717, 1.165) is 37.5 Å². The van der Waals surface area contributed by atoms with Gasteiger partial charge >= 0.3 is 6.18 Å². The molecule has 9 heteroatoms. The molecular weight excluding hydrogens is 397 g/mol. The number of benzene rings is 1. The molecule has 166 valence electrons. The Balaban J connectivity index is 1.44. The summed E-state index contributed by atoms with van der Waals surface area (Å²) in [7, 11) is 2.11. The van der Waals surface area contributed by atoms with E-state index in [1.54, 1.807) is 0 Å². The number of rotatable bonds is 7. The third-order valence-electron chi connectivity index (χ3n) is 5.76. The van der Waals surface area contributed by atoms with Crippen molar-refractivity contribution >= 4 is 11.8 Å². The van der Waals surface area contributed by atoms with Gasteiger partial charge in [-0.25, -0.2) is 0 Å². The van der Waals surface area contributed by atoms with Gasteiger partial charge in [0.1, 0.15) is 6.54 Å². The molecule has 6 nitrogen and oxygen atoms in total. The van der Waals surface area contributed by atoms with Crippen LogP contribution in [0.4, 0.5) is 13.2 Å². The first-order chi connectivity index (χ1) is 14.2. The van der Waals surface area contributed by atoms with Crippen molar-refractivity contribution in [2.24, 2.45) is 5.92 Å². The minimum absolute atomic E-state index is 0.156. The molecule has 1 aromatic carbocycles. The molecule has 2 saturated heterocycles. The smallest absolute Gasteiger partial charge is 0.356 e. The Labute approximate surface area is 175 Å². The number of carbonyl (C=O) groups excluding carboxylic acids is 2. The zero-order valence-electron chi connectivity index (χ0n) is 17.2. The molecule has 3 rings (SSSR count). The third-order valence-corrected chi connectivity index (χ3v) is 5.76. The number of piperazine rings is 1. The van der Waals surface area contributed by atoms with E-state index in [1.807, 2.05) is 18.2 Å². The van der Waals surface area contributed by atoms with E-state index in [0.29, 0.717) is 12.6 Å². The molecule has 0 spiro atoms. The van der Waals surface area contributed by atoms with Gasteiger partial charge in [0.25, 0.3) is 0 Å². The van der Waals surface area contributed by atoms with Gasteiger partial charge < -0.3 is 15.1 Å². The quantitative estimate of drug-likeness (QED) is 0.677. The first-order valence-electron chi connectivity index (χ1n) is 10.3. The topological polar surface area (TPSA) is 55.9 Å². The first-order valence-corrected chi connectivity index (χ1v) is 10.3. The summed E-state index contributed by atoms with van der Waals surface area (Å²) >= 11 is 0. The molecule has 0 bridgehead atoms. The molecule has 1 aromatic rings. The van der Waals surface area contributed by atoms with Crippen molar-refractivity contribution in [1.82, 2.24) is 20.0 Å². The monoisotopic (exact) mass is 426 g/mol. The maximum absolute atomic E-state index is 12.5. The molecule has 2 heterocycles. The number of amides is 2. The van der Waals surface area contributed by atoms with Gasteiger partial charge in [-0.3, -0.25) is 14.5 Å². The third kappa shape index (κ3) is 6.18. The van der Waals surface area contributed by atoms with Crippen molar-refractivity contribution in [3.8, 4) is 0 Å². The van der Waals surface area contributed by atoms with Gasteiger partial charge in [-0.15, -0.1) is 0 Å². The minimum Gasteiger partial charge on any atom is -0.356 e. The van der Waals surface area contributed by atoms with Gasteiger partial charge in [0.05, 0.1) is 5.92 Å². The molecule has 2 aliphatic heterocycles. The van der Waals surface area contributed by atoms with Gasteiger partial charge in [0.2, 0.25) is 11.8 Å². The van der Waals surface area contributed by atoms with E-state index >= 15 is 0 Å². The first kappa shape index (κ1) is 22.6. The summed E-state index contributed by atoms with van der Waals surface area (Å²) in [4.78, 5) is 29.5. The molecule has 0 radical (unpaired) electrons. The Bertz CT molecular complexity index is 729. The number of hydrogen-bond acceptors (Lipinski definition) is 4. The van der Waals surface area contributed by atoms with Gasteiger partial charge in [-0.1, -0.05) is 30.3 Å². The molecule has 2 amide bonds. The van der Waals surface area contributed by atoms with E-state index in [2.05, 4.69) is 34.3 Å². The number of alkyl halides is 3. The van der Waals surface area contributed by atoms with Gasteiger partial charge in [-0.2, -0.15) is 13.2 Å². The molecule has 0 aromatic heterocycles. The maximum Gasteiger partial charge on any atom is 0.406 e. The molecule has 2 fully saturated rings. The largest absolute Gasteiger partial charge is 0.406 e. The lowest BCUT2D eigenvalue weighted by atomic mass is 10.0. The zero-order chi connectivity index (χ0) is 21.7. The van der Waals surface area contributed by atoms with Crippen LogP contribution in [-0.4, -0.2) is 85.6 Å². The van der Waals surface area contributed by atoms with Crippen molar-refractivity contribution < 1.29 is 22.8 Å². The van der Waals surface area contributed by atoms with Crippen LogP contribution in [0.3, 0.4) is 0 Å². The van der Waals surface area contributed by atoms with E-state index in [4.69, 9.17) is 0 Å². The Morgan fingerprint density at radius 3 is 2.60 bits per heavy atom. The Hall–Kier alpha value is -2.13. The number of halogens is 3. The number of nitrogens with zero attached hydrogens (tertiary/aromatic N) is 3. The van der Waals surface area contributed by atoms with E-state index < -0.39 is 24.5 Å². The summed E-state index contributed by atoms with van der Waals surface area (Å²) in [6.45, 7) is 2.66. The minimum atomic E-state index is -4.45. The highest BCUT2D eigenvalue weighted by Gasteiger charge is 2.40. The number of hydrogen-bond donors (Lipinski definition) is 1. The second kappa shape index (κ2) is 9.78. The molecule has 2 aliphatic rings. The predicted molar refractivity (Wildman–Crippen MR) is 107 cm³/mol. The van der Waals surface area contributed by atoms with Crippen LogP contribution in [0.25, 0.3) is 0 Å². The van der Waals surface area contributed by atoms with Gasteiger partial charge in [0.15, 0.2) is 0 Å². The average molecular weight is 426 g/mol. The number of nitrogens with one attached hydrogen (secondary N) is 1. The molecule has 0 aliphatic carbocycles. The molecule has 1 N–H and O–H groups in total. The Morgan fingerprint density at radius 2 is 1.90 bits per heavy atom. The van der Waals surface area contributed by atoms with Crippen molar-refractivity contribution in [3.63, 3.8) is 0 Å². The molecule has 0 unspecified atom stereocenters. The lowest BCUT2D eigenvalue weighted by Crippen LogP contribution is -2.47. The summed E-state index contributed by atoms with van der Waals surface area (Å²) in [6.07, 6.45) is -3.86. The summed E-state index contributed by atoms with van der Waals surface area (Å²) < 4.78 is 37.5. The number of likely N-dealkylation sites (N-methyl/N-ethyl adjacent to an activating group) is 1. The van der Waals surface area contributed by atoms with E-state index in [9.17, 15) is 22.8 Å². The van der Waals surface area contributed by atoms with Crippen LogP contribution in [0.5, 0.6) is 0 Å². The molecular formula is C21H29F3N4O2. The van der Waals surface area contributed by atoms with Gasteiger partial charge in [0, 0.05) is 51.7 Å². The van der Waals surface area contributed by atoms with Crippen molar-refractivity contribution in [3.05, 3.63) is 35.9 Å². The average Bonchev–Trinajstić information content (AvgIpc) is 3.05. The van der Waals surface area contributed by atoms with Crippen LogP contribution in [0.15, 0.2) is 30.3 Å². The standard InChI is InChI=1S/C21H29F3N4O2/c1-26-10-11-27(18(14-26)16-6-3-2-4-7-16)9-5-8-25-20(30)17-12-19(29)28(13-17)15-21(22,23)24/h2-4,6-7,17-18H,5,8-15H2,1H3,(H,25,30)/t17-,18+/m1/s1. The van der Waals surface area contributed by atoms with Crippen LogP contribution in [-0.2, 0) is 9.59 Å². The molecule has 2 atom stereocenters. The fraction of sp³-hybridized carbons (Fsp3) is 0.619. The van der Waals surface area contributed by atoms with Crippen LogP contribution in [0.1, 0.15) is 24.4 Å². The normalized spacial score (nSPS) is 23.7. The lowest BCUT2D eigenvalue weighted by molar-refractivity contribution is -0.157. The highest BCUT2D eigenvalue weighted by molar-refractivity contribution is 5.89. The lowest BCUT2D eigenvalue weighted by Gasteiger charge is -2.40. The van der Waals surface area contributed by atoms with Crippen LogP contribution in [0, 0.1) is 5.92 Å². The van der Waals surface area contributed by atoms with Gasteiger partial charge in [-0.05, 0) is 19.0 Å². The number of carbonyl (C=O) groups is 2. The van der Waals surface area contributed by atoms with Crippen molar-refractivity contribution in [1.29, 1.82) is 0 Å². The molecule has 0 saturated carbocycles. The Morgan fingerprint density at radius 1 is 1.17 bits per heavy atom. The van der Waals surface area contributed by atoms with Crippen LogP contribution >= 0.6 is 0 Å². The SMILES string of the molecule is CN1CCN(CCCNC(=O)[C@@H]2CC(=O)N(CC(F)(F)F)C2)[C@H](c2ccccc2)C1. The summed E-state index contributed by atoms with van der Waals surface area (Å²) in [6, 6.07) is 10.6.